The fourth-order valence-electron chi connectivity index (χ4n) is 4.79. The lowest BCUT2D eigenvalue weighted by Gasteiger charge is -2.35. The number of rotatable bonds is 6. The topological polar surface area (TPSA) is 42.0 Å². The summed E-state index contributed by atoms with van der Waals surface area (Å²) in [7, 11) is 3.44. The van der Waals surface area contributed by atoms with Gasteiger partial charge in [-0.05, 0) is 49.3 Å². The van der Waals surface area contributed by atoms with Crippen LogP contribution in [0, 0.1) is 5.92 Å². The van der Waals surface area contributed by atoms with Crippen molar-refractivity contribution < 1.29 is 14.3 Å². The van der Waals surface area contributed by atoms with Gasteiger partial charge in [-0.3, -0.25) is 9.69 Å². The van der Waals surface area contributed by atoms with Crippen LogP contribution in [0.2, 0.25) is 0 Å². The van der Waals surface area contributed by atoms with Crippen LogP contribution >= 0.6 is 0 Å². The molecule has 2 bridgehead atoms. The second kappa shape index (κ2) is 7.20. The second-order valence-electron chi connectivity index (χ2n) is 8.11. The molecule has 2 atom stereocenters. The van der Waals surface area contributed by atoms with Crippen LogP contribution in [0.1, 0.15) is 31.2 Å². The number of carbonyl (C=O) groups excluding carboxylic acids is 1. The lowest BCUT2D eigenvalue weighted by Crippen LogP contribution is -2.47. The Morgan fingerprint density at radius 3 is 2.54 bits per heavy atom. The highest BCUT2D eigenvalue weighted by Gasteiger charge is 2.54. The molecule has 0 aromatic heterocycles. The lowest BCUT2D eigenvalue weighted by molar-refractivity contribution is -0.134. The maximum absolute atomic E-state index is 13.5. The van der Waals surface area contributed by atoms with Crippen LogP contribution in [0.3, 0.4) is 0 Å². The van der Waals surface area contributed by atoms with Gasteiger partial charge in [0.05, 0.1) is 19.1 Å². The standard InChI is InChI=1S/C21H30N2O3/c1-25-12-11-22-13-16-3-6-18(22)15-23(14-16)20(24)21(9-10-21)17-4-7-19(26-2)8-5-17/h4-5,7-8,16,18H,3,6,9-15H2,1-2H3/t16-,18-/m1/s1. The van der Waals surface area contributed by atoms with Crippen molar-refractivity contribution in [1.82, 2.24) is 9.80 Å². The molecule has 142 valence electrons. The van der Waals surface area contributed by atoms with Gasteiger partial charge in [0.2, 0.25) is 5.91 Å². The minimum atomic E-state index is -0.284. The summed E-state index contributed by atoms with van der Waals surface area (Å²) in [6.07, 6.45) is 4.38. The van der Waals surface area contributed by atoms with E-state index < -0.39 is 0 Å². The number of carbonyl (C=O) groups is 1. The van der Waals surface area contributed by atoms with E-state index in [0.717, 1.165) is 56.9 Å². The third-order valence-electron chi connectivity index (χ3n) is 6.50. The molecule has 0 unspecified atom stereocenters. The van der Waals surface area contributed by atoms with Gasteiger partial charge in [-0.2, -0.15) is 0 Å². The SMILES string of the molecule is COCCN1C[C@H]2CC[C@@H]1CN(C(=O)C1(c3ccc(OC)cc3)CC1)C2. The van der Waals surface area contributed by atoms with Crippen LogP contribution in [-0.2, 0) is 14.9 Å². The molecule has 4 aliphatic rings. The summed E-state index contributed by atoms with van der Waals surface area (Å²) in [6.45, 7) is 4.64. The van der Waals surface area contributed by atoms with Gasteiger partial charge in [-0.25, -0.2) is 0 Å². The molecule has 0 radical (unpaired) electrons. The van der Waals surface area contributed by atoms with Crippen LogP contribution in [0.4, 0.5) is 0 Å². The molecule has 5 nitrogen and oxygen atoms in total. The van der Waals surface area contributed by atoms with Gasteiger partial charge in [0.15, 0.2) is 0 Å². The van der Waals surface area contributed by atoms with Crippen LogP contribution in [0.5, 0.6) is 5.75 Å². The number of fused-ring (bicyclic) bond motifs is 4. The van der Waals surface area contributed by atoms with Crippen molar-refractivity contribution in [2.24, 2.45) is 5.92 Å². The summed E-state index contributed by atoms with van der Waals surface area (Å²) in [5, 5.41) is 0. The second-order valence-corrected chi connectivity index (χ2v) is 8.11. The van der Waals surface area contributed by atoms with E-state index in [0.29, 0.717) is 17.9 Å². The first-order valence-electron chi connectivity index (χ1n) is 9.83. The average molecular weight is 358 g/mol. The van der Waals surface area contributed by atoms with E-state index in [1.165, 1.54) is 12.8 Å². The van der Waals surface area contributed by atoms with E-state index in [2.05, 4.69) is 21.9 Å². The molecule has 5 rings (SSSR count). The summed E-state index contributed by atoms with van der Waals surface area (Å²) >= 11 is 0. The Balaban J connectivity index is 1.49. The normalized spacial score (nSPS) is 27.2. The highest BCUT2D eigenvalue weighted by Crippen LogP contribution is 2.50. The molecular formula is C21H30N2O3. The van der Waals surface area contributed by atoms with E-state index in [-0.39, 0.29) is 5.41 Å². The van der Waals surface area contributed by atoms with Crippen molar-refractivity contribution in [3.05, 3.63) is 29.8 Å². The van der Waals surface area contributed by atoms with E-state index in [1.807, 2.05) is 12.1 Å². The summed E-state index contributed by atoms with van der Waals surface area (Å²) < 4.78 is 10.5. The number of methoxy groups -OCH3 is 2. The first-order chi connectivity index (χ1) is 12.7. The molecule has 0 N–H and O–H groups in total. The highest BCUT2D eigenvalue weighted by molar-refractivity contribution is 5.91. The molecule has 3 aliphatic heterocycles. The zero-order chi connectivity index (χ0) is 18.1. The summed E-state index contributed by atoms with van der Waals surface area (Å²) in [5.74, 6) is 1.79. The molecule has 1 amide bonds. The average Bonchev–Trinajstić information content (AvgIpc) is 3.51. The largest absolute Gasteiger partial charge is 0.497 e. The lowest BCUT2D eigenvalue weighted by atomic mass is 9.93. The summed E-state index contributed by atoms with van der Waals surface area (Å²) in [6, 6.07) is 8.57. The van der Waals surface area contributed by atoms with E-state index >= 15 is 0 Å². The predicted octanol–water partition coefficient (Wildman–Crippen LogP) is 2.30. The highest BCUT2D eigenvalue weighted by atomic mass is 16.5. The van der Waals surface area contributed by atoms with Crippen LogP contribution in [-0.4, -0.2) is 68.8 Å². The van der Waals surface area contributed by atoms with E-state index in [9.17, 15) is 4.79 Å². The maximum Gasteiger partial charge on any atom is 0.233 e. The Morgan fingerprint density at radius 1 is 1.12 bits per heavy atom. The number of amides is 1. The molecule has 26 heavy (non-hydrogen) atoms. The van der Waals surface area contributed by atoms with Gasteiger partial charge in [0.25, 0.3) is 0 Å². The first-order valence-corrected chi connectivity index (χ1v) is 9.83. The van der Waals surface area contributed by atoms with Crippen molar-refractivity contribution in [1.29, 1.82) is 0 Å². The van der Waals surface area contributed by atoms with Gasteiger partial charge in [0.1, 0.15) is 5.75 Å². The number of nitrogens with zero attached hydrogens (tertiary/aromatic N) is 2. The molecule has 3 saturated heterocycles. The maximum atomic E-state index is 13.5. The number of benzene rings is 1. The van der Waals surface area contributed by atoms with Gasteiger partial charge in [-0.15, -0.1) is 0 Å². The number of hydrogen-bond donors (Lipinski definition) is 0. The van der Waals surface area contributed by atoms with Crippen molar-refractivity contribution in [3.63, 3.8) is 0 Å². The molecule has 0 spiro atoms. The van der Waals surface area contributed by atoms with Crippen molar-refractivity contribution in [2.75, 3.05) is 47.0 Å². The minimum Gasteiger partial charge on any atom is -0.497 e. The van der Waals surface area contributed by atoms with Gasteiger partial charge >= 0.3 is 0 Å². The summed E-state index contributed by atoms with van der Waals surface area (Å²) in [4.78, 5) is 18.2. The predicted molar refractivity (Wildman–Crippen MR) is 100 cm³/mol. The van der Waals surface area contributed by atoms with Crippen molar-refractivity contribution >= 4 is 5.91 Å². The molecular weight excluding hydrogens is 328 g/mol. The Kier molecular flexibility index (Phi) is 4.93. The summed E-state index contributed by atoms with van der Waals surface area (Å²) in [5.41, 5.74) is 0.865. The van der Waals surface area contributed by atoms with Crippen molar-refractivity contribution in [3.8, 4) is 5.75 Å². The quantitative estimate of drug-likeness (QED) is 0.783. The third kappa shape index (κ3) is 3.23. The molecule has 5 heteroatoms. The number of hydrogen-bond acceptors (Lipinski definition) is 4. The first kappa shape index (κ1) is 17.8. The number of piperidine rings is 1. The molecule has 1 aromatic carbocycles. The molecule has 1 aliphatic carbocycles. The Labute approximate surface area is 156 Å². The fourth-order valence-corrected chi connectivity index (χ4v) is 4.79. The van der Waals surface area contributed by atoms with Crippen LogP contribution < -0.4 is 4.74 Å². The Bertz CT molecular complexity index is 641. The smallest absolute Gasteiger partial charge is 0.233 e. The third-order valence-corrected chi connectivity index (χ3v) is 6.50. The Hall–Kier alpha value is -1.59. The molecule has 1 saturated carbocycles. The van der Waals surface area contributed by atoms with E-state index in [4.69, 9.17) is 9.47 Å². The zero-order valence-corrected chi connectivity index (χ0v) is 15.9. The molecule has 4 fully saturated rings. The minimum absolute atomic E-state index is 0.284. The van der Waals surface area contributed by atoms with Crippen LogP contribution in [0.15, 0.2) is 24.3 Å². The monoisotopic (exact) mass is 358 g/mol. The Morgan fingerprint density at radius 2 is 1.88 bits per heavy atom. The van der Waals surface area contributed by atoms with Gasteiger partial charge in [-0.1, -0.05) is 12.1 Å². The van der Waals surface area contributed by atoms with Gasteiger partial charge < -0.3 is 14.4 Å². The molecule has 3 heterocycles. The molecule has 1 aromatic rings. The van der Waals surface area contributed by atoms with Crippen LogP contribution in [0.25, 0.3) is 0 Å². The zero-order valence-electron chi connectivity index (χ0n) is 15.9. The van der Waals surface area contributed by atoms with E-state index in [1.54, 1.807) is 14.2 Å². The number of ether oxygens (including phenoxy) is 2. The fraction of sp³-hybridized carbons (Fsp3) is 0.667. The van der Waals surface area contributed by atoms with Gasteiger partial charge in [0, 0.05) is 39.3 Å². The van der Waals surface area contributed by atoms with Crippen molar-refractivity contribution in [2.45, 2.75) is 37.1 Å².